The number of rotatable bonds is 10. The van der Waals surface area contributed by atoms with Crippen molar-refractivity contribution in [1.29, 1.82) is 0 Å². The molecule has 0 amide bonds. The van der Waals surface area contributed by atoms with E-state index in [0.29, 0.717) is 25.5 Å². The zero-order valence-electron chi connectivity index (χ0n) is 16.2. The molecule has 0 spiro atoms. The summed E-state index contributed by atoms with van der Waals surface area (Å²) >= 11 is 6.17. The SMILES string of the molecule is CCNC(=NCCCS(=O)(=O)Cc1ccccc1)NCCc1ccccc1Cl. The Balaban J connectivity index is 1.77. The number of guanidine groups is 1. The summed E-state index contributed by atoms with van der Waals surface area (Å²) in [4.78, 5) is 4.47. The molecule has 5 nitrogen and oxygen atoms in total. The van der Waals surface area contributed by atoms with Crippen LogP contribution in [0.3, 0.4) is 0 Å². The number of nitrogens with one attached hydrogen (secondary N) is 2. The third-order valence-corrected chi connectivity index (χ3v) is 6.15. The number of benzene rings is 2. The molecule has 0 heterocycles. The van der Waals surface area contributed by atoms with Crippen molar-refractivity contribution in [3.8, 4) is 0 Å². The molecule has 2 aromatic rings. The van der Waals surface area contributed by atoms with Crippen LogP contribution in [0, 0.1) is 0 Å². The molecule has 28 heavy (non-hydrogen) atoms. The van der Waals surface area contributed by atoms with E-state index >= 15 is 0 Å². The van der Waals surface area contributed by atoms with Gasteiger partial charge in [-0.3, -0.25) is 4.99 Å². The lowest BCUT2D eigenvalue weighted by Gasteiger charge is -2.12. The molecule has 2 N–H and O–H groups in total. The van der Waals surface area contributed by atoms with Gasteiger partial charge in [0.1, 0.15) is 0 Å². The van der Waals surface area contributed by atoms with Crippen molar-refractivity contribution in [3.05, 3.63) is 70.7 Å². The maximum Gasteiger partial charge on any atom is 0.191 e. The zero-order valence-corrected chi connectivity index (χ0v) is 17.8. The van der Waals surface area contributed by atoms with Gasteiger partial charge in [0, 0.05) is 24.7 Å². The average Bonchev–Trinajstić information content (AvgIpc) is 2.67. The van der Waals surface area contributed by atoms with Gasteiger partial charge < -0.3 is 10.6 Å². The molecular formula is C21H28ClN3O2S. The fourth-order valence-electron chi connectivity index (χ4n) is 2.73. The standard InChI is InChI=1S/C21H28ClN3O2S/c1-2-23-21(25-15-13-19-11-6-7-12-20(19)22)24-14-8-16-28(26,27)17-18-9-4-3-5-10-18/h3-7,9-12H,2,8,13-17H2,1H3,(H2,23,24,25). The summed E-state index contributed by atoms with van der Waals surface area (Å²) in [7, 11) is -3.13. The smallest absolute Gasteiger partial charge is 0.191 e. The van der Waals surface area contributed by atoms with Gasteiger partial charge in [-0.15, -0.1) is 0 Å². The third kappa shape index (κ3) is 8.31. The Kier molecular flexibility index (Phi) is 9.31. The topological polar surface area (TPSA) is 70.6 Å². The monoisotopic (exact) mass is 421 g/mol. The van der Waals surface area contributed by atoms with Gasteiger partial charge in [-0.25, -0.2) is 8.42 Å². The molecule has 2 rings (SSSR count). The van der Waals surface area contributed by atoms with E-state index in [-0.39, 0.29) is 11.5 Å². The maximum absolute atomic E-state index is 12.2. The highest BCUT2D eigenvalue weighted by Gasteiger charge is 2.11. The predicted octanol–water partition coefficient (Wildman–Crippen LogP) is 3.44. The lowest BCUT2D eigenvalue weighted by Crippen LogP contribution is -2.38. The van der Waals surface area contributed by atoms with Crippen LogP contribution in [0.4, 0.5) is 0 Å². The van der Waals surface area contributed by atoms with E-state index < -0.39 is 9.84 Å². The van der Waals surface area contributed by atoms with Gasteiger partial charge in [0.05, 0.1) is 11.5 Å². The second-order valence-electron chi connectivity index (χ2n) is 6.46. The van der Waals surface area contributed by atoms with Crippen LogP contribution in [0.5, 0.6) is 0 Å². The number of sulfone groups is 1. The Bertz CT molecular complexity index is 855. The van der Waals surface area contributed by atoms with Crippen LogP contribution in [-0.2, 0) is 22.0 Å². The summed E-state index contributed by atoms with van der Waals surface area (Å²) in [6, 6.07) is 17.0. The van der Waals surface area contributed by atoms with E-state index in [9.17, 15) is 8.42 Å². The molecule has 0 unspecified atom stereocenters. The van der Waals surface area contributed by atoms with Gasteiger partial charge in [0.2, 0.25) is 0 Å². The maximum atomic E-state index is 12.2. The second kappa shape index (κ2) is 11.7. The molecule has 7 heteroatoms. The molecule has 0 saturated carbocycles. The summed E-state index contributed by atoms with van der Waals surface area (Å²) in [5.41, 5.74) is 1.90. The third-order valence-electron chi connectivity index (χ3n) is 4.10. The minimum absolute atomic E-state index is 0.0771. The molecule has 0 bridgehead atoms. The summed E-state index contributed by atoms with van der Waals surface area (Å²) in [6.07, 6.45) is 1.28. The highest BCUT2D eigenvalue weighted by Crippen LogP contribution is 2.14. The summed E-state index contributed by atoms with van der Waals surface area (Å²) in [6.45, 7) is 3.89. The van der Waals surface area contributed by atoms with Gasteiger partial charge in [-0.2, -0.15) is 0 Å². The minimum atomic E-state index is -3.13. The Morgan fingerprint density at radius 2 is 1.75 bits per heavy atom. The lowest BCUT2D eigenvalue weighted by molar-refractivity contribution is 0.592. The fourth-order valence-corrected chi connectivity index (χ4v) is 4.38. The van der Waals surface area contributed by atoms with E-state index in [1.807, 2.05) is 61.5 Å². The molecular weight excluding hydrogens is 394 g/mol. The van der Waals surface area contributed by atoms with Crippen molar-refractivity contribution in [2.45, 2.75) is 25.5 Å². The largest absolute Gasteiger partial charge is 0.357 e. The Hall–Kier alpha value is -2.05. The van der Waals surface area contributed by atoms with Crippen molar-refractivity contribution < 1.29 is 8.42 Å². The summed E-state index contributed by atoms with van der Waals surface area (Å²) in [5.74, 6) is 0.896. The van der Waals surface area contributed by atoms with Crippen molar-refractivity contribution in [2.75, 3.05) is 25.4 Å². The van der Waals surface area contributed by atoms with Gasteiger partial charge >= 0.3 is 0 Å². The lowest BCUT2D eigenvalue weighted by atomic mass is 10.1. The van der Waals surface area contributed by atoms with E-state index in [2.05, 4.69) is 15.6 Å². The zero-order chi connectivity index (χ0) is 20.2. The van der Waals surface area contributed by atoms with Gasteiger partial charge in [0.25, 0.3) is 0 Å². The van der Waals surface area contributed by atoms with Crippen LogP contribution in [0.15, 0.2) is 59.6 Å². The van der Waals surface area contributed by atoms with Gasteiger partial charge in [0.15, 0.2) is 15.8 Å². The minimum Gasteiger partial charge on any atom is -0.357 e. The molecule has 0 radical (unpaired) electrons. The van der Waals surface area contributed by atoms with Gasteiger partial charge in [-0.1, -0.05) is 60.1 Å². The van der Waals surface area contributed by atoms with E-state index in [0.717, 1.165) is 29.1 Å². The number of aliphatic imine (C=N–C) groups is 1. The predicted molar refractivity (Wildman–Crippen MR) is 118 cm³/mol. The molecule has 0 saturated heterocycles. The quantitative estimate of drug-likeness (QED) is 0.350. The van der Waals surface area contributed by atoms with Crippen molar-refractivity contribution in [1.82, 2.24) is 10.6 Å². The first kappa shape index (κ1) is 22.2. The molecule has 0 aliphatic heterocycles. The molecule has 0 aliphatic carbocycles. The van der Waals surface area contributed by atoms with Crippen LogP contribution in [0.2, 0.25) is 5.02 Å². The number of nitrogens with zero attached hydrogens (tertiary/aromatic N) is 1. The van der Waals surface area contributed by atoms with Crippen molar-refractivity contribution in [2.24, 2.45) is 4.99 Å². The van der Waals surface area contributed by atoms with Crippen LogP contribution in [0.25, 0.3) is 0 Å². The average molecular weight is 422 g/mol. The van der Waals surface area contributed by atoms with Crippen LogP contribution in [-0.4, -0.2) is 39.8 Å². The van der Waals surface area contributed by atoms with Crippen LogP contribution >= 0.6 is 11.6 Å². The van der Waals surface area contributed by atoms with E-state index in [4.69, 9.17) is 11.6 Å². The fraction of sp³-hybridized carbons (Fsp3) is 0.381. The number of hydrogen-bond donors (Lipinski definition) is 2. The molecule has 0 aromatic heterocycles. The van der Waals surface area contributed by atoms with Gasteiger partial charge in [-0.05, 0) is 37.0 Å². The second-order valence-corrected chi connectivity index (χ2v) is 9.05. The first-order chi connectivity index (χ1) is 13.5. The van der Waals surface area contributed by atoms with Crippen LogP contribution < -0.4 is 10.6 Å². The van der Waals surface area contributed by atoms with Crippen LogP contribution in [0.1, 0.15) is 24.5 Å². The Labute approximate surface area is 173 Å². The van der Waals surface area contributed by atoms with E-state index in [1.165, 1.54) is 0 Å². The number of hydrogen-bond acceptors (Lipinski definition) is 3. The number of halogens is 1. The summed E-state index contributed by atoms with van der Waals surface area (Å²) in [5, 5.41) is 7.20. The Morgan fingerprint density at radius 3 is 2.46 bits per heavy atom. The normalized spacial score (nSPS) is 12.0. The Morgan fingerprint density at radius 1 is 1.04 bits per heavy atom. The highest BCUT2D eigenvalue weighted by molar-refractivity contribution is 7.90. The molecule has 152 valence electrons. The first-order valence-electron chi connectivity index (χ1n) is 9.50. The van der Waals surface area contributed by atoms with Crippen molar-refractivity contribution >= 4 is 27.4 Å². The summed E-state index contributed by atoms with van der Waals surface area (Å²) < 4.78 is 24.5. The molecule has 0 aliphatic rings. The van der Waals surface area contributed by atoms with E-state index in [1.54, 1.807) is 0 Å². The molecule has 2 aromatic carbocycles. The molecule has 0 fully saturated rings. The highest BCUT2D eigenvalue weighted by atomic mass is 35.5. The first-order valence-corrected chi connectivity index (χ1v) is 11.7. The van der Waals surface area contributed by atoms with Crippen molar-refractivity contribution in [3.63, 3.8) is 0 Å². The molecule has 0 atom stereocenters.